The molecule has 0 atom stereocenters. The van der Waals surface area contributed by atoms with Crippen LogP contribution in [0.2, 0.25) is 0 Å². The van der Waals surface area contributed by atoms with Crippen molar-refractivity contribution in [2.45, 2.75) is 38.3 Å². The second-order valence-corrected chi connectivity index (χ2v) is 5.95. The van der Waals surface area contributed by atoms with E-state index in [1.165, 1.54) is 25.7 Å². The summed E-state index contributed by atoms with van der Waals surface area (Å²) in [5.41, 5.74) is 7.14. The van der Waals surface area contributed by atoms with Crippen molar-refractivity contribution in [3.05, 3.63) is 29.6 Å². The number of nitrogens with zero attached hydrogens (tertiary/aromatic N) is 2. The van der Waals surface area contributed by atoms with E-state index in [-0.39, 0.29) is 5.82 Å². The Hall–Kier alpha value is -1.13. The third-order valence-electron chi connectivity index (χ3n) is 4.74. The molecule has 0 amide bonds. The highest BCUT2D eigenvalue weighted by atomic mass is 19.1. The lowest BCUT2D eigenvalue weighted by Crippen LogP contribution is -2.50. The standard InChI is InChI=1S/C16H24FN3/c17-15-11-13(12-18)5-6-16(15)20-9-7-19(8-10-20)14-3-1-2-4-14/h5-6,11,14H,1-4,7-10,12,18H2. The van der Waals surface area contributed by atoms with E-state index >= 15 is 0 Å². The zero-order chi connectivity index (χ0) is 13.9. The maximum atomic E-state index is 14.1. The number of piperazine rings is 1. The van der Waals surface area contributed by atoms with Gasteiger partial charge in [-0.3, -0.25) is 4.90 Å². The highest BCUT2D eigenvalue weighted by molar-refractivity contribution is 5.49. The van der Waals surface area contributed by atoms with E-state index in [2.05, 4.69) is 9.80 Å². The molecule has 1 aliphatic heterocycles. The molecule has 0 unspecified atom stereocenters. The molecular weight excluding hydrogens is 253 g/mol. The van der Waals surface area contributed by atoms with Crippen molar-refractivity contribution in [3.63, 3.8) is 0 Å². The van der Waals surface area contributed by atoms with Gasteiger partial charge in [0, 0.05) is 38.8 Å². The van der Waals surface area contributed by atoms with E-state index in [0.717, 1.165) is 43.5 Å². The Kier molecular flexibility index (Phi) is 4.22. The Morgan fingerprint density at radius 3 is 2.40 bits per heavy atom. The van der Waals surface area contributed by atoms with Crippen LogP contribution in [0, 0.1) is 5.82 Å². The number of rotatable bonds is 3. The van der Waals surface area contributed by atoms with Gasteiger partial charge >= 0.3 is 0 Å². The van der Waals surface area contributed by atoms with Gasteiger partial charge in [-0.25, -0.2) is 4.39 Å². The molecule has 1 aromatic rings. The molecule has 3 rings (SSSR count). The largest absolute Gasteiger partial charge is 0.367 e. The molecule has 1 aliphatic carbocycles. The van der Waals surface area contributed by atoms with Crippen LogP contribution in [0.3, 0.4) is 0 Å². The fourth-order valence-electron chi connectivity index (χ4n) is 3.53. The highest BCUT2D eigenvalue weighted by Crippen LogP contribution is 2.26. The lowest BCUT2D eigenvalue weighted by molar-refractivity contribution is 0.187. The van der Waals surface area contributed by atoms with Crippen molar-refractivity contribution in [1.29, 1.82) is 0 Å². The molecular formula is C16H24FN3. The fourth-order valence-corrected chi connectivity index (χ4v) is 3.53. The first-order chi connectivity index (χ1) is 9.78. The second kappa shape index (κ2) is 6.10. The van der Waals surface area contributed by atoms with Gasteiger partial charge in [-0.15, -0.1) is 0 Å². The third kappa shape index (κ3) is 2.81. The summed E-state index contributed by atoms with van der Waals surface area (Å²) in [5, 5.41) is 0. The molecule has 1 aromatic carbocycles. The van der Waals surface area contributed by atoms with Gasteiger partial charge in [0.25, 0.3) is 0 Å². The van der Waals surface area contributed by atoms with Crippen LogP contribution in [-0.4, -0.2) is 37.1 Å². The van der Waals surface area contributed by atoms with Crippen LogP contribution in [0.5, 0.6) is 0 Å². The molecule has 20 heavy (non-hydrogen) atoms. The van der Waals surface area contributed by atoms with Crippen molar-refractivity contribution in [2.24, 2.45) is 5.73 Å². The van der Waals surface area contributed by atoms with Gasteiger partial charge < -0.3 is 10.6 Å². The molecule has 110 valence electrons. The number of hydrogen-bond donors (Lipinski definition) is 1. The van der Waals surface area contributed by atoms with E-state index in [9.17, 15) is 4.39 Å². The van der Waals surface area contributed by atoms with Gasteiger partial charge in [0.05, 0.1) is 5.69 Å². The maximum absolute atomic E-state index is 14.1. The minimum Gasteiger partial charge on any atom is -0.367 e. The first-order valence-corrected chi connectivity index (χ1v) is 7.75. The zero-order valence-corrected chi connectivity index (χ0v) is 12.0. The summed E-state index contributed by atoms with van der Waals surface area (Å²) < 4.78 is 14.1. The van der Waals surface area contributed by atoms with Gasteiger partial charge in [0.2, 0.25) is 0 Å². The maximum Gasteiger partial charge on any atom is 0.146 e. The number of anilines is 1. The minimum atomic E-state index is -0.137. The molecule has 4 heteroatoms. The first-order valence-electron chi connectivity index (χ1n) is 7.75. The van der Waals surface area contributed by atoms with Gasteiger partial charge in [-0.2, -0.15) is 0 Å². The predicted octanol–water partition coefficient (Wildman–Crippen LogP) is 2.35. The lowest BCUT2D eigenvalue weighted by atomic mass is 10.1. The van der Waals surface area contributed by atoms with Crippen LogP contribution in [0.25, 0.3) is 0 Å². The van der Waals surface area contributed by atoms with Crippen molar-refractivity contribution in [2.75, 3.05) is 31.1 Å². The van der Waals surface area contributed by atoms with E-state index in [4.69, 9.17) is 5.73 Å². The molecule has 2 aliphatic rings. The van der Waals surface area contributed by atoms with E-state index < -0.39 is 0 Å². The average Bonchev–Trinajstić information content (AvgIpc) is 3.01. The van der Waals surface area contributed by atoms with E-state index in [0.29, 0.717) is 6.54 Å². The number of hydrogen-bond acceptors (Lipinski definition) is 3. The Labute approximate surface area is 120 Å². The van der Waals surface area contributed by atoms with Crippen LogP contribution >= 0.6 is 0 Å². The molecule has 1 saturated carbocycles. The summed E-state index contributed by atoms with van der Waals surface area (Å²) in [7, 11) is 0. The average molecular weight is 277 g/mol. The van der Waals surface area contributed by atoms with Crippen molar-refractivity contribution in [3.8, 4) is 0 Å². The molecule has 0 radical (unpaired) electrons. The van der Waals surface area contributed by atoms with Crippen LogP contribution in [-0.2, 0) is 6.54 Å². The smallest absolute Gasteiger partial charge is 0.146 e. The molecule has 3 nitrogen and oxygen atoms in total. The topological polar surface area (TPSA) is 32.5 Å². The quantitative estimate of drug-likeness (QED) is 0.920. The molecule has 1 heterocycles. The summed E-state index contributed by atoms with van der Waals surface area (Å²) >= 11 is 0. The van der Waals surface area contributed by atoms with Crippen LogP contribution in [0.1, 0.15) is 31.2 Å². The second-order valence-electron chi connectivity index (χ2n) is 5.95. The SMILES string of the molecule is NCc1ccc(N2CCN(C3CCCC3)CC2)c(F)c1. The number of benzene rings is 1. The molecule has 0 bridgehead atoms. The first kappa shape index (κ1) is 13.8. The van der Waals surface area contributed by atoms with Crippen molar-refractivity contribution >= 4 is 5.69 Å². The molecule has 0 aromatic heterocycles. The van der Waals surface area contributed by atoms with Gasteiger partial charge in [0.1, 0.15) is 5.82 Å². The molecule has 0 spiro atoms. The Morgan fingerprint density at radius 1 is 1.10 bits per heavy atom. The monoisotopic (exact) mass is 277 g/mol. The van der Waals surface area contributed by atoms with E-state index in [1.54, 1.807) is 6.07 Å². The van der Waals surface area contributed by atoms with Crippen LogP contribution in [0.4, 0.5) is 10.1 Å². The normalized spacial score (nSPS) is 21.6. The van der Waals surface area contributed by atoms with Crippen molar-refractivity contribution in [1.82, 2.24) is 4.90 Å². The summed E-state index contributed by atoms with van der Waals surface area (Å²) in [6, 6.07) is 6.16. The Bertz CT molecular complexity index is 449. The highest BCUT2D eigenvalue weighted by Gasteiger charge is 2.26. The predicted molar refractivity (Wildman–Crippen MR) is 80.3 cm³/mol. The zero-order valence-electron chi connectivity index (χ0n) is 12.0. The molecule has 2 fully saturated rings. The summed E-state index contributed by atoms with van der Waals surface area (Å²) in [6.45, 7) is 4.36. The third-order valence-corrected chi connectivity index (χ3v) is 4.74. The van der Waals surface area contributed by atoms with Gasteiger partial charge in [-0.1, -0.05) is 18.9 Å². The van der Waals surface area contributed by atoms with Crippen LogP contribution < -0.4 is 10.6 Å². The lowest BCUT2D eigenvalue weighted by Gasteiger charge is -2.39. The summed E-state index contributed by atoms with van der Waals surface area (Å²) in [6.07, 6.45) is 5.44. The fraction of sp³-hybridized carbons (Fsp3) is 0.625. The minimum absolute atomic E-state index is 0.137. The number of nitrogens with two attached hydrogens (primary N) is 1. The summed E-state index contributed by atoms with van der Waals surface area (Å²) in [5.74, 6) is -0.137. The van der Waals surface area contributed by atoms with Crippen molar-refractivity contribution < 1.29 is 4.39 Å². The molecule has 1 saturated heterocycles. The van der Waals surface area contributed by atoms with E-state index in [1.807, 2.05) is 12.1 Å². The van der Waals surface area contributed by atoms with Crippen LogP contribution in [0.15, 0.2) is 18.2 Å². The number of halogens is 1. The van der Waals surface area contributed by atoms with Gasteiger partial charge in [0.15, 0.2) is 0 Å². The summed E-state index contributed by atoms with van der Waals surface area (Å²) in [4.78, 5) is 4.76. The Balaban J connectivity index is 1.62. The van der Waals surface area contributed by atoms with Gasteiger partial charge in [-0.05, 0) is 30.5 Å². The Morgan fingerprint density at radius 2 is 1.80 bits per heavy atom. The molecule has 2 N–H and O–H groups in total.